The van der Waals surface area contributed by atoms with Gasteiger partial charge in [-0.05, 0) is 26.0 Å². The van der Waals surface area contributed by atoms with Gasteiger partial charge >= 0.3 is 6.18 Å². The van der Waals surface area contributed by atoms with E-state index >= 15 is 0 Å². The summed E-state index contributed by atoms with van der Waals surface area (Å²) >= 11 is 0. The van der Waals surface area contributed by atoms with E-state index in [4.69, 9.17) is 0 Å². The molecule has 0 aromatic heterocycles. The Labute approximate surface area is 103 Å². The van der Waals surface area contributed by atoms with E-state index in [9.17, 15) is 26.7 Å². The molecule has 1 N–H and O–H groups in total. The summed E-state index contributed by atoms with van der Waals surface area (Å²) in [6, 6.07) is 5.40. The highest BCUT2D eigenvalue weighted by atomic mass is 32.2. The lowest BCUT2D eigenvalue weighted by Crippen LogP contribution is -2.47. The van der Waals surface area contributed by atoms with Crippen molar-refractivity contribution in [2.24, 2.45) is 0 Å². The lowest BCUT2D eigenvalue weighted by molar-refractivity contribution is -0.243. The van der Waals surface area contributed by atoms with Gasteiger partial charge in [-0.1, -0.05) is 17.7 Å². The van der Waals surface area contributed by atoms with Gasteiger partial charge in [0.15, 0.2) is 15.4 Å². The predicted octanol–water partition coefficient (Wildman–Crippen LogP) is 2.08. The second kappa shape index (κ2) is 4.55. The molecule has 0 fully saturated rings. The fourth-order valence-corrected chi connectivity index (χ4v) is 2.90. The average Bonchev–Trinajstić information content (AvgIpc) is 2.14. The summed E-state index contributed by atoms with van der Waals surface area (Å²) in [7, 11) is -4.19. The predicted molar refractivity (Wildman–Crippen MR) is 59.9 cm³/mol. The van der Waals surface area contributed by atoms with Crippen LogP contribution in [-0.2, 0) is 9.84 Å². The Bertz CT molecular complexity index is 515. The Morgan fingerprint density at radius 3 is 2.00 bits per heavy atom. The van der Waals surface area contributed by atoms with E-state index in [1.165, 1.54) is 24.3 Å². The summed E-state index contributed by atoms with van der Waals surface area (Å²) in [5.74, 6) is -1.40. The number of rotatable bonds is 3. The number of sulfone groups is 1. The highest BCUT2D eigenvalue weighted by Crippen LogP contribution is 2.32. The molecular formula is C11H13F3O3S. The highest BCUT2D eigenvalue weighted by Gasteiger charge is 2.52. The van der Waals surface area contributed by atoms with Gasteiger partial charge in [0.1, 0.15) is 0 Å². The SMILES string of the molecule is Cc1ccc(S(=O)(=O)CC(C)(O)C(F)(F)F)cc1. The van der Waals surface area contributed by atoms with Crippen LogP contribution in [-0.4, -0.2) is 31.1 Å². The number of hydrogen-bond acceptors (Lipinski definition) is 3. The Kier molecular flexibility index (Phi) is 3.78. The second-order valence-electron chi connectivity index (χ2n) is 4.34. The van der Waals surface area contributed by atoms with E-state index in [0.717, 1.165) is 5.56 Å². The van der Waals surface area contributed by atoms with Crippen molar-refractivity contribution in [3.8, 4) is 0 Å². The molecule has 3 nitrogen and oxygen atoms in total. The molecule has 102 valence electrons. The molecule has 0 heterocycles. The molecule has 1 atom stereocenters. The first kappa shape index (κ1) is 15.0. The third-order valence-electron chi connectivity index (χ3n) is 2.46. The zero-order valence-corrected chi connectivity index (χ0v) is 10.6. The van der Waals surface area contributed by atoms with E-state index in [1.807, 2.05) is 0 Å². The minimum atomic E-state index is -5.00. The van der Waals surface area contributed by atoms with Crippen molar-refractivity contribution < 1.29 is 26.7 Å². The summed E-state index contributed by atoms with van der Waals surface area (Å²) in [4.78, 5) is -0.238. The van der Waals surface area contributed by atoms with Crippen molar-refractivity contribution in [1.29, 1.82) is 0 Å². The van der Waals surface area contributed by atoms with Crippen molar-refractivity contribution in [3.05, 3.63) is 29.8 Å². The van der Waals surface area contributed by atoms with Gasteiger partial charge in [0, 0.05) is 0 Å². The van der Waals surface area contributed by atoms with E-state index in [0.29, 0.717) is 6.92 Å². The van der Waals surface area contributed by atoms with Crippen molar-refractivity contribution in [1.82, 2.24) is 0 Å². The van der Waals surface area contributed by atoms with Crippen molar-refractivity contribution >= 4 is 9.84 Å². The minimum absolute atomic E-state index is 0.238. The van der Waals surface area contributed by atoms with Crippen LogP contribution in [0.15, 0.2) is 29.2 Å². The van der Waals surface area contributed by atoms with Crippen LogP contribution in [0.1, 0.15) is 12.5 Å². The number of aliphatic hydroxyl groups is 1. The molecule has 1 unspecified atom stereocenters. The van der Waals surface area contributed by atoms with Crippen molar-refractivity contribution in [2.75, 3.05) is 5.75 Å². The number of halogens is 3. The number of benzene rings is 1. The smallest absolute Gasteiger partial charge is 0.380 e. The molecule has 0 spiro atoms. The van der Waals surface area contributed by atoms with Gasteiger partial charge in [0.05, 0.1) is 10.6 Å². The van der Waals surface area contributed by atoms with E-state index < -0.39 is 27.4 Å². The summed E-state index contributed by atoms with van der Waals surface area (Å²) in [5, 5.41) is 9.20. The Morgan fingerprint density at radius 2 is 1.61 bits per heavy atom. The first-order chi connectivity index (χ1) is 7.96. The normalized spacial score (nSPS) is 16.3. The fourth-order valence-electron chi connectivity index (χ4n) is 1.28. The third-order valence-corrected chi connectivity index (χ3v) is 4.39. The summed E-state index contributed by atoms with van der Waals surface area (Å²) in [6.07, 6.45) is -5.00. The van der Waals surface area contributed by atoms with E-state index in [2.05, 4.69) is 0 Å². The van der Waals surface area contributed by atoms with Gasteiger partial charge in [0.2, 0.25) is 0 Å². The van der Waals surface area contributed by atoms with Gasteiger partial charge in [-0.2, -0.15) is 13.2 Å². The van der Waals surface area contributed by atoms with Crippen LogP contribution >= 0.6 is 0 Å². The van der Waals surface area contributed by atoms with Crippen LogP contribution in [0, 0.1) is 6.92 Å². The van der Waals surface area contributed by atoms with E-state index in [-0.39, 0.29) is 4.90 Å². The van der Waals surface area contributed by atoms with Crippen molar-refractivity contribution in [3.63, 3.8) is 0 Å². The number of aryl methyl sites for hydroxylation is 1. The van der Waals surface area contributed by atoms with Gasteiger partial charge in [-0.25, -0.2) is 8.42 Å². The molecule has 0 radical (unpaired) electrons. The van der Waals surface area contributed by atoms with Crippen LogP contribution in [0.2, 0.25) is 0 Å². The third kappa shape index (κ3) is 3.23. The van der Waals surface area contributed by atoms with Gasteiger partial charge in [-0.15, -0.1) is 0 Å². The second-order valence-corrected chi connectivity index (χ2v) is 6.33. The standard InChI is InChI=1S/C11H13F3O3S/c1-8-3-5-9(6-4-8)18(16,17)7-10(2,15)11(12,13)14/h3-6,15H,7H2,1-2H3. The van der Waals surface area contributed by atoms with E-state index in [1.54, 1.807) is 6.92 Å². The monoisotopic (exact) mass is 282 g/mol. The molecule has 0 saturated carbocycles. The molecule has 0 bridgehead atoms. The zero-order valence-electron chi connectivity index (χ0n) is 9.82. The Balaban J connectivity index is 3.07. The van der Waals surface area contributed by atoms with Crippen LogP contribution in [0.4, 0.5) is 13.2 Å². The fraction of sp³-hybridized carbons (Fsp3) is 0.455. The average molecular weight is 282 g/mol. The first-order valence-electron chi connectivity index (χ1n) is 5.04. The molecule has 1 rings (SSSR count). The summed E-state index contributed by atoms with van der Waals surface area (Å²) in [6.45, 7) is 2.17. The quantitative estimate of drug-likeness (QED) is 0.923. The molecule has 0 saturated heterocycles. The molecule has 0 aliphatic carbocycles. The number of hydrogen-bond donors (Lipinski definition) is 1. The Morgan fingerprint density at radius 1 is 1.17 bits per heavy atom. The maximum Gasteiger partial charge on any atom is 0.417 e. The molecule has 18 heavy (non-hydrogen) atoms. The Hall–Kier alpha value is -1.08. The van der Waals surface area contributed by atoms with Crippen molar-refractivity contribution in [2.45, 2.75) is 30.5 Å². The topological polar surface area (TPSA) is 54.4 Å². The molecule has 0 amide bonds. The maximum absolute atomic E-state index is 12.4. The molecule has 0 aliphatic rings. The van der Waals surface area contributed by atoms with Crippen LogP contribution < -0.4 is 0 Å². The highest BCUT2D eigenvalue weighted by molar-refractivity contribution is 7.91. The molecular weight excluding hydrogens is 269 g/mol. The van der Waals surface area contributed by atoms with Gasteiger partial charge in [-0.3, -0.25) is 0 Å². The van der Waals surface area contributed by atoms with Crippen LogP contribution in [0.25, 0.3) is 0 Å². The number of alkyl halides is 3. The molecule has 0 aliphatic heterocycles. The summed E-state index contributed by atoms with van der Waals surface area (Å²) in [5.41, 5.74) is -2.48. The lowest BCUT2D eigenvalue weighted by atomic mass is 10.1. The van der Waals surface area contributed by atoms with Gasteiger partial charge < -0.3 is 5.11 Å². The largest absolute Gasteiger partial charge is 0.417 e. The van der Waals surface area contributed by atoms with Crippen LogP contribution in [0.3, 0.4) is 0 Å². The molecule has 7 heteroatoms. The minimum Gasteiger partial charge on any atom is -0.380 e. The molecule has 1 aromatic rings. The maximum atomic E-state index is 12.4. The van der Waals surface area contributed by atoms with Crippen LogP contribution in [0.5, 0.6) is 0 Å². The zero-order chi connectivity index (χ0) is 14.2. The lowest BCUT2D eigenvalue weighted by Gasteiger charge is -2.25. The van der Waals surface area contributed by atoms with Gasteiger partial charge in [0.25, 0.3) is 0 Å². The first-order valence-corrected chi connectivity index (χ1v) is 6.69. The molecule has 1 aromatic carbocycles. The summed E-state index contributed by atoms with van der Waals surface area (Å²) < 4.78 is 60.8.